The summed E-state index contributed by atoms with van der Waals surface area (Å²) in [5.74, 6) is -0.191. The van der Waals surface area contributed by atoms with Gasteiger partial charge in [-0.25, -0.2) is 4.98 Å². The minimum atomic E-state index is -0.526. The fourth-order valence-corrected chi connectivity index (χ4v) is 4.09. The maximum Gasteiger partial charge on any atom is 0.263 e. The highest BCUT2D eigenvalue weighted by molar-refractivity contribution is 7.17. The Hall–Kier alpha value is -4.04. The summed E-state index contributed by atoms with van der Waals surface area (Å²) in [6.07, 6.45) is 5.20. The van der Waals surface area contributed by atoms with E-state index >= 15 is 0 Å². The third-order valence-electron chi connectivity index (χ3n) is 5.09. The molecule has 0 saturated heterocycles. The highest BCUT2D eigenvalue weighted by Crippen LogP contribution is 2.28. The van der Waals surface area contributed by atoms with Crippen LogP contribution in [0.4, 0.5) is 5.13 Å². The molecular weight excluding hydrogens is 434 g/mol. The number of anilines is 1. The summed E-state index contributed by atoms with van der Waals surface area (Å²) in [5.41, 5.74) is 3.05. The number of phenols is 1. The summed E-state index contributed by atoms with van der Waals surface area (Å²) in [7, 11) is 0. The van der Waals surface area contributed by atoms with E-state index in [9.17, 15) is 9.90 Å². The Morgan fingerprint density at radius 3 is 2.58 bits per heavy atom. The van der Waals surface area contributed by atoms with Crippen LogP contribution in [0.15, 0.2) is 85.3 Å². The number of nitrogens with one attached hydrogen (secondary N) is 2. The lowest BCUT2D eigenvalue weighted by molar-refractivity contribution is -0.115. The van der Waals surface area contributed by atoms with E-state index in [-0.39, 0.29) is 11.7 Å². The van der Waals surface area contributed by atoms with Crippen LogP contribution in [0.5, 0.6) is 5.75 Å². The molecule has 4 aromatic rings. The summed E-state index contributed by atoms with van der Waals surface area (Å²) in [4.78, 5) is 21.9. The number of hydrogen-bond acceptors (Lipinski definition) is 6. The number of carbonyl (C=O) groups is 1. The molecule has 4 rings (SSSR count). The van der Waals surface area contributed by atoms with Crippen molar-refractivity contribution in [3.8, 4) is 5.75 Å². The van der Waals surface area contributed by atoms with E-state index in [0.29, 0.717) is 34.2 Å². The van der Waals surface area contributed by atoms with Crippen molar-refractivity contribution in [1.29, 1.82) is 0 Å². The van der Waals surface area contributed by atoms with Gasteiger partial charge in [0, 0.05) is 24.5 Å². The average Bonchev–Trinajstić information content (AvgIpc) is 3.33. The van der Waals surface area contributed by atoms with E-state index in [1.165, 1.54) is 11.3 Å². The summed E-state index contributed by atoms with van der Waals surface area (Å²) in [5, 5.41) is 23.6. The van der Waals surface area contributed by atoms with Crippen LogP contribution in [0.3, 0.4) is 0 Å². The predicted molar refractivity (Wildman–Crippen MR) is 129 cm³/mol. The number of phenolic OH excluding ortho intramolecular Hbond substituents is 1. The van der Waals surface area contributed by atoms with Crippen molar-refractivity contribution in [3.05, 3.63) is 107 Å². The molecule has 0 aliphatic carbocycles. The first kappa shape index (κ1) is 22.2. The third kappa shape index (κ3) is 5.81. The number of hydrogen-bond donors (Lipinski definition) is 4. The average molecular weight is 459 g/mol. The van der Waals surface area contributed by atoms with Gasteiger partial charge in [-0.15, -0.1) is 0 Å². The Balaban J connectivity index is 1.47. The zero-order valence-corrected chi connectivity index (χ0v) is 18.6. The molecule has 1 unspecified atom stereocenters. The lowest BCUT2D eigenvalue weighted by atomic mass is 9.97. The number of rotatable bonds is 9. The Morgan fingerprint density at radius 2 is 1.82 bits per heavy atom. The van der Waals surface area contributed by atoms with Crippen LogP contribution in [0.2, 0.25) is 0 Å². The zero-order chi connectivity index (χ0) is 23.0. The monoisotopic (exact) mass is 458 g/mol. The molecule has 166 valence electrons. The normalized spacial score (nSPS) is 11.5. The number of amides is 1. The van der Waals surface area contributed by atoms with Crippen LogP contribution in [0.1, 0.15) is 38.8 Å². The Kier molecular flexibility index (Phi) is 7.06. The van der Waals surface area contributed by atoms with E-state index in [1.54, 1.807) is 42.9 Å². The van der Waals surface area contributed by atoms with E-state index in [2.05, 4.69) is 20.6 Å². The molecule has 0 aliphatic heterocycles. The molecule has 0 aliphatic rings. The smallest absolute Gasteiger partial charge is 0.263 e. The molecule has 5 N–H and O–H groups in total. The van der Waals surface area contributed by atoms with E-state index < -0.39 is 6.04 Å². The number of aromatic nitrogens is 2. The molecule has 0 bridgehead atoms. The summed E-state index contributed by atoms with van der Waals surface area (Å²) in [6.45, 7) is 0.618. The molecule has 0 saturated carbocycles. The van der Waals surface area contributed by atoms with Crippen molar-refractivity contribution in [2.75, 3.05) is 5.32 Å². The maximum absolute atomic E-state index is 13.0. The van der Waals surface area contributed by atoms with Gasteiger partial charge in [-0.3, -0.25) is 15.2 Å². The van der Waals surface area contributed by atoms with Crippen LogP contribution in [0, 0.1) is 0 Å². The van der Waals surface area contributed by atoms with Crippen LogP contribution in [0.25, 0.3) is 0 Å². The number of pyridine rings is 1. The van der Waals surface area contributed by atoms with Crippen molar-refractivity contribution in [1.82, 2.24) is 15.3 Å². The van der Waals surface area contributed by atoms with Gasteiger partial charge in [-0.05, 0) is 23.8 Å². The lowest BCUT2D eigenvalue weighted by Gasteiger charge is -2.19. The minimum Gasteiger partial charge on any atom is -0.508 e. The van der Waals surface area contributed by atoms with Gasteiger partial charge in [-0.2, -0.15) is 0 Å². The van der Waals surface area contributed by atoms with E-state index in [4.69, 9.17) is 5.41 Å². The standard InChI is InChI=1S/C25H23N5O2S/c26-20(18-9-6-12-27-15-18)13-21(19-10-4-5-11-22(19)31)30-24(32)23-16-29-25(33-23)28-14-17-7-2-1-3-8-17/h1-12,15-16,21,26,31H,13-14H2,(H,28,29)(H,30,32)/p+1. The first-order chi connectivity index (χ1) is 16.1. The second-order valence-electron chi connectivity index (χ2n) is 7.42. The van der Waals surface area contributed by atoms with Crippen molar-refractivity contribution in [2.45, 2.75) is 19.0 Å². The second kappa shape index (κ2) is 10.5. The predicted octanol–water partition coefficient (Wildman–Crippen LogP) is 2.97. The number of carbonyl (C=O) groups excluding carboxylic acids is 1. The number of aromatic hydroxyl groups is 1. The van der Waals surface area contributed by atoms with Gasteiger partial charge >= 0.3 is 0 Å². The number of benzene rings is 2. The molecule has 2 aromatic heterocycles. The van der Waals surface area contributed by atoms with E-state index in [0.717, 1.165) is 11.1 Å². The quantitative estimate of drug-likeness (QED) is 0.288. The molecule has 1 amide bonds. The van der Waals surface area contributed by atoms with Gasteiger partial charge in [-0.1, -0.05) is 59.9 Å². The molecular formula is C25H24N5O2S+. The van der Waals surface area contributed by atoms with Gasteiger partial charge in [0.15, 0.2) is 10.8 Å². The number of nitrogens with zero attached hydrogens (tertiary/aromatic N) is 2. The topological polar surface area (TPSA) is 113 Å². The molecule has 33 heavy (non-hydrogen) atoms. The van der Waals surface area contributed by atoms with Crippen LogP contribution in [-0.2, 0) is 6.54 Å². The van der Waals surface area contributed by atoms with Gasteiger partial charge in [0.1, 0.15) is 10.6 Å². The molecule has 8 heteroatoms. The molecule has 0 fully saturated rings. The van der Waals surface area contributed by atoms with Crippen LogP contribution < -0.4 is 16.0 Å². The number of para-hydroxylation sites is 1. The van der Waals surface area contributed by atoms with Crippen LogP contribution in [-0.4, -0.2) is 26.7 Å². The van der Waals surface area contributed by atoms with Gasteiger partial charge in [0.2, 0.25) is 0 Å². The fourth-order valence-electron chi connectivity index (χ4n) is 3.38. The maximum atomic E-state index is 13.0. The Labute approximate surface area is 195 Å². The van der Waals surface area contributed by atoms with Gasteiger partial charge in [0.25, 0.3) is 5.91 Å². The Bertz CT molecular complexity index is 1230. The highest BCUT2D eigenvalue weighted by Gasteiger charge is 2.24. The van der Waals surface area contributed by atoms with Crippen molar-refractivity contribution >= 4 is 28.1 Å². The van der Waals surface area contributed by atoms with Crippen LogP contribution >= 0.6 is 11.3 Å². The van der Waals surface area contributed by atoms with Gasteiger partial charge in [0.05, 0.1) is 24.2 Å². The molecule has 1 atom stereocenters. The molecule has 0 spiro atoms. The van der Waals surface area contributed by atoms with Crippen molar-refractivity contribution in [2.24, 2.45) is 0 Å². The first-order valence-corrected chi connectivity index (χ1v) is 11.3. The Morgan fingerprint density at radius 1 is 1.03 bits per heavy atom. The number of thiazole rings is 1. The highest BCUT2D eigenvalue weighted by atomic mass is 32.1. The summed E-state index contributed by atoms with van der Waals surface area (Å²) in [6, 6.07) is 20.0. The van der Waals surface area contributed by atoms with E-state index in [1.807, 2.05) is 42.5 Å². The molecule has 7 nitrogen and oxygen atoms in total. The molecule has 2 aromatic carbocycles. The molecule has 2 heterocycles. The second-order valence-corrected chi connectivity index (χ2v) is 8.46. The fraction of sp³-hybridized carbons (Fsp3) is 0.120. The largest absolute Gasteiger partial charge is 0.508 e. The number of nitrogens with two attached hydrogens (primary N) is 1. The molecule has 0 radical (unpaired) electrons. The zero-order valence-electron chi connectivity index (χ0n) is 17.8. The minimum absolute atomic E-state index is 0.0938. The lowest BCUT2D eigenvalue weighted by Crippen LogP contribution is -2.43. The van der Waals surface area contributed by atoms with Crippen molar-refractivity contribution in [3.63, 3.8) is 0 Å². The van der Waals surface area contributed by atoms with Gasteiger partial charge < -0.3 is 15.7 Å². The third-order valence-corrected chi connectivity index (χ3v) is 6.04. The first-order valence-electron chi connectivity index (χ1n) is 10.4. The summed E-state index contributed by atoms with van der Waals surface area (Å²) < 4.78 is 0. The summed E-state index contributed by atoms with van der Waals surface area (Å²) >= 11 is 1.27. The van der Waals surface area contributed by atoms with Crippen molar-refractivity contribution < 1.29 is 15.3 Å². The SMILES string of the molecule is [NH2+]=C(CC(NC(=O)c1cnc(NCc2ccccc2)s1)c1ccccc1O)c1cccnc1.